The topological polar surface area (TPSA) is 129 Å². The van der Waals surface area contributed by atoms with E-state index in [2.05, 4.69) is 37.0 Å². The molecule has 0 aliphatic heterocycles. The van der Waals surface area contributed by atoms with Gasteiger partial charge < -0.3 is 38.8 Å². The van der Waals surface area contributed by atoms with Crippen molar-refractivity contribution in [1.29, 1.82) is 10.8 Å². The molecule has 0 spiro atoms. The number of amidine groups is 2. The molecule has 3 unspecified atom stereocenters. The summed E-state index contributed by atoms with van der Waals surface area (Å²) in [5.41, 5.74) is 1.68. The predicted molar refractivity (Wildman–Crippen MR) is 230 cm³/mol. The number of benzene rings is 2. The van der Waals surface area contributed by atoms with Gasteiger partial charge in [0.1, 0.15) is 30.6 Å². The molecule has 1 aliphatic carbocycles. The number of nitrogens with zero attached hydrogens (tertiary/aromatic N) is 2. The van der Waals surface area contributed by atoms with Gasteiger partial charge in [0, 0.05) is 48.9 Å². The number of amides is 1. The van der Waals surface area contributed by atoms with Gasteiger partial charge in [0.15, 0.2) is 0 Å². The third-order valence-electron chi connectivity index (χ3n) is 10.6. The van der Waals surface area contributed by atoms with Gasteiger partial charge in [-0.25, -0.2) is 8.78 Å². The van der Waals surface area contributed by atoms with E-state index in [4.69, 9.17) is 35.5 Å². The van der Waals surface area contributed by atoms with Gasteiger partial charge in [-0.3, -0.25) is 15.6 Å². The maximum atomic E-state index is 13.8. The predicted octanol–water partition coefficient (Wildman–Crippen LogP) is 7.98. The average molecular weight is 826 g/mol. The lowest BCUT2D eigenvalue weighted by molar-refractivity contribution is -0.130. The molecule has 2 aromatic rings. The van der Waals surface area contributed by atoms with Crippen LogP contribution >= 0.6 is 0 Å². The first-order chi connectivity index (χ1) is 28.4. The molecule has 3 atom stereocenters. The molecule has 3 rings (SSSR count). The van der Waals surface area contributed by atoms with Gasteiger partial charge in [-0.2, -0.15) is 0 Å². The number of hydrogen-bond donors (Lipinski definition) is 3. The zero-order valence-electron chi connectivity index (χ0n) is 36.0. The van der Waals surface area contributed by atoms with Crippen molar-refractivity contribution >= 4 is 17.6 Å². The second-order valence-electron chi connectivity index (χ2n) is 15.6. The fourth-order valence-electron chi connectivity index (χ4n) is 7.18. The Morgan fingerprint density at radius 2 is 1.46 bits per heavy atom. The van der Waals surface area contributed by atoms with E-state index >= 15 is 0 Å². The molecule has 0 heterocycles. The van der Waals surface area contributed by atoms with Crippen LogP contribution in [0.25, 0.3) is 0 Å². The first-order valence-electron chi connectivity index (χ1n) is 21.2. The third kappa shape index (κ3) is 18.1. The van der Waals surface area contributed by atoms with Crippen molar-refractivity contribution in [3.63, 3.8) is 0 Å². The highest BCUT2D eigenvalue weighted by atomic mass is 19.3. The molecule has 0 saturated heterocycles. The number of terminal acetylenes is 1. The first-order valence-corrected chi connectivity index (χ1v) is 21.2. The Hall–Kier alpha value is -3.93. The summed E-state index contributed by atoms with van der Waals surface area (Å²) in [5.74, 6) is 0.389. The standard InChI is InChI=1S/C46H69F2N5O6/c1-7-12-40(52(6)24-21-42(37-13-10-9-11-14-37)51-45(54)39-19-22-46(47,48)23-20-39)34-36(5)53(43(49)35(3)4)44(50)38-15-17-41(18-16-38)59-33-32-58-31-30-57-29-28-56-27-26-55-25-8-2/h2,9-11,13-18,35-36,39-40,42,49-50H,7,12,19-34H2,1,3-6H3,(H,51,54). The Balaban J connectivity index is 1.53. The van der Waals surface area contributed by atoms with Crippen molar-refractivity contribution in [2.24, 2.45) is 11.8 Å². The van der Waals surface area contributed by atoms with E-state index in [1.807, 2.05) is 73.3 Å². The summed E-state index contributed by atoms with van der Waals surface area (Å²) < 4.78 is 55.2. The fourth-order valence-corrected chi connectivity index (χ4v) is 7.18. The Labute approximate surface area is 351 Å². The lowest BCUT2D eigenvalue weighted by Gasteiger charge is -2.38. The molecule has 1 saturated carbocycles. The summed E-state index contributed by atoms with van der Waals surface area (Å²) in [4.78, 5) is 17.5. The van der Waals surface area contributed by atoms with Crippen LogP contribution in [0.15, 0.2) is 54.6 Å². The summed E-state index contributed by atoms with van der Waals surface area (Å²) >= 11 is 0. The Morgan fingerprint density at radius 1 is 0.881 bits per heavy atom. The number of rotatable bonds is 28. The van der Waals surface area contributed by atoms with Crippen LogP contribution in [0.5, 0.6) is 5.75 Å². The van der Waals surface area contributed by atoms with Crippen molar-refractivity contribution in [2.45, 2.75) is 103 Å². The summed E-state index contributed by atoms with van der Waals surface area (Å²) in [7, 11) is 2.10. The van der Waals surface area contributed by atoms with Gasteiger partial charge in [0.25, 0.3) is 0 Å². The van der Waals surface area contributed by atoms with Crippen molar-refractivity contribution < 1.29 is 37.3 Å². The third-order valence-corrected chi connectivity index (χ3v) is 10.6. The van der Waals surface area contributed by atoms with Gasteiger partial charge in [0.2, 0.25) is 11.8 Å². The lowest BCUT2D eigenvalue weighted by Crippen LogP contribution is -2.48. The number of halogens is 2. The van der Waals surface area contributed by atoms with Crippen LogP contribution in [0.3, 0.4) is 0 Å². The van der Waals surface area contributed by atoms with Crippen LogP contribution in [0, 0.1) is 35.0 Å². The molecule has 1 fully saturated rings. The molecule has 1 aliphatic rings. The Kier molecular flexibility index (Phi) is 22.6. The highest BCUT2D eigenvalue weighted by molar-refractivity contribution is 6.07. The van der Waals surface area contributed by atoms with Gasteiger partial charge in [-0.15, -0.1) is 6.42 Å². The van der Waals surface area contributed by atoms with Crippen molar-refractivity contribution in [3.8, 4) is 18.1 Å². The lowest BCUT2D eigenvalue weighted by atomic mass is 9.86. The summed E-state index contributed by atoms with van der Waals surface area (Å²) in [6, 6.07) is 17.0. The minimum atomic E-state index is -2.68. The minimum Gasteiger partial charge on any atom is -0.491 e. The maximum Gasteiger partial charge on any atom is 0.248 e. The average Bonchev–Trinajstić information content (AvgIpc) is 3.22. The number of hydrogen-bond acceptors (Lipinski definition) is 9. The van der Waals surface area contributed by atoms with E-state index < -0.39 is 11.8 Å². The van der Waals surface area contributed by atoms with Crippen LogP contribution in [0.2, 0.25) is 0 Å². The molecule has 1 amide bonds. The maximum absolute atomic E-state index is 13.8. The number of nitrogens with one attached hydrogen (secondary N) is 3. The van der Waals surface area contributed by atoms with Crippen molar-refractivity contribution in [3.05, 3.63) is 65.7 Å². The molecule has 59 heavy (non-hydrogen) atoms. The van der Waals surface area contributed by atoms with E-state index in [1.54, 1.807) is 0 Å². The van der Waals surface area contributed by atoms with Gasteiger partial charge >= 0.3 is 0 Å². The minimum absolute atomic E-state index is 0.0863. The molecule has 13 heteroatoms. The smallest absolute Gasteiger partial charge is 0.248 e. The molecule has 0 radical (unpaired) electrons. The number of ether oxygens (including phenoxy) is 5. The molecule has 3 N–H and O–H groups in total. The second-order valence-corrected chi connectivity index (χ2v) is 15.6. The summed E-state index contributed by atoms with van der Waals surface area (Å²) in [5, 5.41) is 21.6. The molecule has 0 aromatic heterocycles. The van der Waals surface area contributed by atoms with Gasteiger partial charge in [0.05, 0.1) is 52.3 Å². The molecule has 2 aromatic carbocycles. The molecule has 0 bridgehead atoms. The van der Waals surface area contributed by atoms with E-state index in [0.717, 1.165) is 24.8 Å². The molecule has 11 nitrogen and oxygen atoms in total. The van der Waals surface area contributed by atoms with E-state index in [0.29, 0.717) is 83.0 Å². The normalized spacial score (nSPS) is 15.7. The number of carbonyl (C=O) groups excluding carboxylic acids is 1. The van der Waals surface area contributed by atoms with E-state index in [1.165, 1.54) is 0 Å². The quantitative estimate of drug-likeness (QED) is 0.0341. The summed E-state index contributed by atoms with van der Waals surface area (Å²) in [6.45, 7) is 12.7. The fraction of sp³-hybridized carbons (Fsp3) is 0.630. The zero-order chi connectivity index (χ0) is 43.0. The van der Waals surface area contributed by atoms with E-state index in [9.17, 15) is 19.0 Å². The highest BCUT2D eigenvalue weighted by Gasteiger charge is 2.38. The van der Waals surface area contributed by atoms with Gasteiger partial charge in [-0.05, 0) is 75.9 Å². The second kappa shape index (κ2) is 27.0. The summed E-state index contributed by atoms with van der Waals surface area (Å²) in [6.07, 6.45) is 8.30. The van der Waals surface area contributed by atoms with Crippen LogP contribution in [0.4, 0.5) is 8.78 Å². The first kappa shape index (κ1) is 49.4. The van der Waals surface area contributed by atoms with Crippen molar-refractivity contribution in [1.82, 2.24) is 15.1 Å². The highest BCUT2D eigenvalue weighted by Crippen LogP contribution is 2.36. The molecule has 328 valence electrons. The molecular weight excluding hydrogens is 757 g/mol. The largest absolute Gasteiger partial charge is 0.491 e. The Bertz CT molecular complexity index is 1550. The zero-order valence-corrected chi connectivity index (χ0v) is 36.0. The molecular formula is C46H69F2N5O6. The van der Waals surface area contributed by atoms with Crippen LogP contribution in [-0.2, 0) is 23.7 Å². The van der Waals surface area contributed by atoms with Gasteiger partial charge in [-0.1, -0.05) is 63.4 Å². The van der Waals surface area contributed by atoms with Crippen LogP contribution in [-0.4, -0.2) is 118 Å². The Morgan fingerprint density at radius 3 is 2.02 bits per heavy atom. The van der Waals surface area contributed by atoms with Crippen LogP contribution in [0.1, 0.15) is 96.2 Å². The number of alkyl halides is 2. The van der Waals surface area contributed by atoms with E-state index in [-0.39, 0.29) is 68.1 Å². The SMILES string of the molecule is C#CCOCCOCCOCCOCCOc1ccc(C(=N)N(C(=N)C(C)C)C(C)CC(CCC)N(C)CCC(NC(=O)C2CCC(F)(F)CC2)c2ccccc2)cc1. The van der Waals surface area contributed by atoms with Crippen molar-refractivity contribution in [2.75, 3.05) is 73.1 Å². The number of carbonyl (C=O) groups is 1. The van der Waals surface area contributed by atoms with Crippen LogP contribution < -0.4 is 10.1 Å². The monoisotopic (exact) mass is 826 g/mol.